The molecule has 0 aliphatic carbocycles. The van der Waals surface area contributed by atoms with Crippen molar-refractivity contribution in [2.45, 2.75) is 13.0 Å². The van der Waals surface area contributed by atoms with Gasteiger partial charge in [-0.15, -0.1) is 0 Å². The van der Waals surface area contributed by atoms with Crippen LogP contribution in [0.5, 0.6) is 5.75 Å². The van der Waals surface area contributed by atoms with E-state index < -0.39 is 22.0 Å². The van der Waals surface area contributed by atoms with Crippen LogP contribution < -0.4 is 4.74 Å². The lowest BCUT2D eigenvalue weighted by atomic mass is 10.1. The summed E-state index contributed by atoms with van der Waals surface area (Å²) < 4.78 is 45.5. The first-order valence-electron chi connectivity index (χ1n) is 4.77. The molecule has 18 heavy (non-hydrogen) atoms. The van der Waals surface area contributed by atoms with Crippen molar-refractivity contribution >= 4 is 37.6 Å². The molecule has 1 aromatic carbocycles. The molecule has 1 rings (SSSR count). The maximum Gasteiger partial charge on any atom is 0.264 e. The third-order valence-electron chi connectivity index (χ3n) is 2.11. The Morgan fingerprint density at radius 1 is 1.50 bits per heavy atom. The zero-order valence-electron chi connectivity index (χ0n) is 9.83. The van der Waals surface area contributed by atoms with Gasteiger partial charge < -0.3 is 4.74 Å². The summed E-state index contributed by atoms with van der Waals surface area (Å²) in [7, 11) is -2.30. The number of hydrogen-bond acceptors (Lipinski definition) is 4. The molecule has 0 radical (unpaired) electrons. The van der Waals surface area contributed by atoms with Gasteiger partial charge >= 0.3 is 0 Å². The maximum atomic E-state index is 13.5. The Morgan fingerprint density at radius 3 is 2.50 bits per heavy atom. The summed E-state index contributed by atoms with van der Waals surface area (Å²) in [6, 6.07) is 1.27. The molecule has 0 aliphatic rings. The number of benzene rings is 1. The predicted molar refractivity (Wildman–Crippen MR) is 70.0 cm³/mol. The van der Waals surface area contributed by atoms with E-state index in [-0.39, 0.29) is 15.2 Å². The molecule has 102 valence electrons. The van der Waals surface area contributed by atoms with Crippen molar-refractivity contribution in [3.05, 3.63) is 26.9 Å². The van der Waals surface area contributed by atoms with Crippen LogP contribution in [-0.4, -0.2) is 21.8 Å². The van der Waals surface area contributed by atoms with Gasteiger partial charge in [0.25, 0.3) is 10.1 Å². The van der Waals surface area contributed by atoms with Gasteiger partial charge in [0, 0.05) is 5.56 Å². The Kier molecular flexibility index (Phi) is 4.99. The fourth-order valence-electron chi connectivity index (χ4n) is 1.42. The van der Waals surface area contributed by atoms with Crippen LogP contribution in [0.1, 0.15) is 18.6 Å². The van der Waals surface area contributed by atoms with Gasteiger partial charge in [-0.25, -0.2) is 4.39 Å². The zero-order valence-corrected chi connectivity index (χ0v) is 13.0. The van der Waals surface area contributed by atoms with E-state index in [9.17, 15) is 12.8 Å². The number of hydrogen-bond donors (Lipinski definition) is 0. The van der Waals surface area contributed by atoms with E-state index in [1.807, 2.05) is 0 Å². The van der Waals surface area contributed by atoms with Crippen molar-refractivity contribution in [3.63, 3.8) is 0 Å². The van der Waals surface area contributed by atoms with Gasteiger partial charge in [0.1, 0.15) is 11.9 Å². The second-order valence-electron chi connectivity index (χ2n) is 3.55. The van der Waals surface area contributed by atoms with Crippen LogP contribution in [0.2, 0.25) is 5.02 Å². The first-order valence-corrected chi connectivity index (χ1v) is 7.75. The summed E-state index contributed by atoms with van der Waals surface area (Å²) >= 11 is 8.70. The number of halogens is 3. The van der Waals surface area contributed by atoms with Gasteiger partial charge in [-0.2, -0.15) is 8.42 Å². The molecule has 0 aromatic heterocycles. The van der Waals surface area contributed by atoms with Gasteiger partial charge in [-0.1, -0.05) is 11.6 Å². The highest BCUT2D eigenvalue weighted by atomic mass is 79.9. The molecule has 0 aliphatic heterocycles. The molecule has 4 nitrogen and oxygen atoms in total. The largest absolute Gasteiger partial charge is 0.495 e. The highest BCUT2D eigenvalue weighted by Gasteiger charge is 2.22. The van der Waals surface area contributed by atoms with Crippen LogP contribution in [0.3, 0.4) is 0 Å². The Labute approximate surface area is 118 Å². The average Bonchev–Trinajstić information content (AvgIpc) is 2.23. The van der Waals surface area contributed by atoms with E-state index in [0.717, 1.165) is 6.26 Å². The lowest BCUT2D eigenvalue weighted by Crippen LogP contribution is -2.09. The van der Waals surface area contributed by atoms with Crippen molar-refractivity contribution in [1.82, 2.24) is 0 Å². The summed E-state index contributed by atoms with van der Waals surface area (Å²) in [5, 5.41) is -0.151. The monoisotopic (exact) mass is 360 g/mol. The molecule has 8 heteroatoms. The maximum absolute atomic E-state index is 13.5. The van der Waals surface area contributed by atoms with E-state index in [1.165, 1.54) is 20.1 Å². The Hall–Kier alpha value is -0.370. The number of ether oxygens (including phenoxy) is 1. The Bertz CT molecular complexity index is 561. The zero-order chi connectivity index (χ0) is 14.1. The standard InChI is InChI=1S/C10H11BrClFO4S/c1-5(17-18(3,14)15)6-4-7(12)9(13)8(11)10(6)16-2/h4-5H,1-3H3. The summed E-state index contributed by atoms with van der Waals surface area (Å²) in [5.41, 5.74) is 0.334. The second-order valence-corrected chi connectivity index (χ2v) is 6.35. The average molecular weight is 362 g/mol. The quantitative estimate of drug-likeness (QED) is 0.610. The minimum absolute atomic E-state index is 0.0245. The summed E-state index contributed by atoms with van der Waals surface area (Å²) in [6.07, 6.45) is 0.0835. The molecular formula is C10H11BrClFO4S. The highest BCUT2D eigenvalue weighted by Crippen LogP contribution is 2.39. The molecule has 0 spiro atoms. The van der Waals surface area contributed by atoms with E-state index >= 15 is 0 Å². The van der Waals surface area contributed by atoms with Gasteiger partial charge in [0.2, 0.25) is 0 Å². The lowest BCUT2D eigenvalue weighted by molar-refractivity contribution is 0.230. The fourth-order valence-corrected chi connectivity index (χ4v) is 2.98. The second kappa shape index (κ2) is 5.73. The van der Waals surface area contributed by atoms with E-state index in [2.05, 4.69) is 15.9 Å². The third kappa shape index (κ3) is 3.57. The van der Waals surface area contributed by atoms with Crippen LogP contribution in [0, 0.1) is 5.82 Å². The van der Waals surface area contributed by atoms with Crippen molar-refractivity contribution in [2.24, 2.45) is 0 Å². The van der Waals surface area contributed by atoms with E-state index in [4.69, 9.17) is 20.5 Å². The first-order chi connectivity index (χ1) is 8.17. The van der Waals surface area contributed by atoms with Crippen molar-refractivity contribution < 1.29 is 21.7 Å². The lowest BCUT2D eigenvalue weighted by Gasteiger charge is -2.17. The van der Waals surface area contributed by atoms with Crippen LogP contribution in [-0.2, 0) is 14.3 Å². The van der Waals surface area contributed by atoms with E-state index in [0.29, 0.717) is 5.56 Å². The smallest absolute Gasteiger partial charge is 0.264 e. The number of methoxy groups -OCH3 is 1. The van der Waals surface area contributed by atoms with Gasteiger partial charge in [-0.3, -0.25) is 4.18 Å². The van der Waals surface area contributed by atoms with Crippen molar-refractivity contribution in [2.75, 3.05) is 13.4 Å². The number of rotatable bonds is 4. The molecule has 1 atom stereocenters. The highest BCUT2D eigenvalue weighted by molar-refractivity contribution is 9.10. The van der Waals surface area contributed by atoms with Gasteiger partial charge in [0.15, 0.2) is 5.82 Å². The Balaban J connectivity index is 3.32. The molecule has 1 unspecified atom stereocenters. The first kappa shape index (κ1) is 15.7. The molecular weight excluding hydrogens is 351 g/mol. The van der Waals surface area contributed by atoms with Crippen molar-refractivity contribution in [3.8, 4) is 5.75 Å². The fraction of sp³-hybridized carbons (Fsp3) is 0.400. The van der Waals surface area contributed by atoms with Gasteiger partial charge in [0.05, 0.1) is 22.9 Å². The topological polar surface area (TPSA) is 52.6 Å². The molecule has 0 bridgehead atoms. The molecule has 0 saturated carbocycles. The molecule has 1 aromatic rings. The molecule has 0 N–H and O–H groups in total. The van der Waals surface area contributed by atoms with Crippen molar-refractivity contribution in [1.29, 1.82) is 0 Å². The SMILES string of the molecule is COc1c(C(C)OS(C)(=O)=O)cc(Cl)c(F)c1Br. The normalized spacial score (nSPS) is 13.4. The Morgan fingerprint density at radius 2 is 2.06 bits per heavy atom. The van der Waals surface area contributed by atoms with Crippen LogP contribution in [0.4, 0.5) is 4.39 Å². The minimum Gasteiger partial charge on any atom is -0.495 e. The molecule has 0 amide bonds. The third-order valence-corrected chi connectivity index (χ3v) is 3.73. The van der Waals surface area contributed by atoms with Crippen LogP contribution in [0.25, 0.3) is 0 Å². The predicted octanol–water partition coefficient (Wildman–Crippen LogP) is 3.29. The summed E-state index contributed by atoms with van der Waals surface area (Å²) in [4.78, 5) is 0. The van der Waals surface area contributed by atoms with Gasteiger partial charge in [-0.05, 0) is 28.9 Å². The summed E-state index contributed by atoms with van der Waals surface area (Å²) in [5.74, 6) is -0.531. The molecule has 0 heterocycles. The summed E-state index contributed by atoms with van der Waals surface area (Å²) in [6.45, 7) is 1.50. The van der Waals surface area contributed by atoms with Crippen LogP contribution >= 0.6 is 27.5 Å². The molecule has 0 saturated heterocycles. The molecule has 0 fully saturated rings. The van der Waals surface area contributed by atoms with E-state index in [1.54, 1.807) is 0 Å². The minimum atomic E-state index is -3.64. The van der Waals surface area contributed by atoms with Crippen LogP contribution in [0.15, 0.2) is 10.5 Å².